The van der Waals surface area contributed by atoms with Crippen LogP contribution in [-0.2, 0) is 4.79 Å². The number of nitro groups is 1. The van der Waals surface area contributed by atoms with Gasteiger partial charge in [-0.1, -0.05) is 43.0 Å². The molecular weight excluding hydrogens is 414 g/mol. The average molecular weight is 438 g/mol. The molecule has 0 radical (unpaired) electrons. The number of aliphatic imine (C=N–C) groups is 1. The van der Waals surface area contributed by atoms with Crippen LogP contribution in [-0.4, -0.2) is 32.0 Å². The van der Waals surface area contributed by atoms with Crippen molar-refractivity contribution in [2.75, 3.05) is 0 Å². The topological polar surface area (TPSA) is 96.0 Å². The van der Waals surface area contributed by atoms with Gasteiger partial charge >= 0.3 is 5.69 Å². The van der Waals surface area contributed by atoms with Crippen LogP contribution in [0.15, 0.2) is 52.4 Å². The highest BCUT2D eigenvalue weighted by Gasteiger charge is 2.38. The van der Waals surface area contributed by atoms with Gasteiger partial charge in [-0.2, -0.15) is 0 Å². The van der Waals surface area contributed by atoms with Gasteiger partial charge in [0, 0.05) is 12.1 Å². The zero-order valence-corrected chi connectivity index (χ0v) is 18.0. The Kier molecular flexibility index (Phi) is 6.08. The number of thioether (sulfide) groups is 1. The lowest BCUT2D eigenvalue weighted by Gasteiger charge is -2.30. The van der Waals surface area contributed by atoms with E-state index in [1.54, 1.807) is 17.0 Å². The Hall–Kier alpha value is -3.13. The van der Waals surface area contributed by atoms with Crippen molar-refractivity contribution in [3.63, 3.8) is 0 Å². The highest BCUT2D eigenvalue weighted by Crippen LogP contribution is 2.39. The second kappa shape index (κ2) is 8.93. The molecule has 160 valence electrons. The molecule has 4 rings (SSSR count). The van der Waals surface area contributed by atoms with Gasteiger partial charge in [-0.25, -0.2) is 4.99 Å². The molecule has 0 aromatic heterocycles. The van der Waals surface area contributed by atoms with E-state index < -0.39 is 10.7 Å². The number of amides is 1. The number of amidine groups is 1. The van der Waals surface area contributed by atoms with Gasteiger partial charge in [0.05, 0.1) is 15.5 Å². The molecule has 1 heterocycles. The molecule has 1 amide bonds. The van der Waals surface area contributed by atoms with E-state index in [2.05, 4.69) is 0 Å². The summed E-state index contributed by atoms with van der Waals surface area (Å²) < 4.78 is 0. The summed E-state index contributed by atoms with van der Waals surface area (Å²) >= 11 is 1.29. The first-order valence-electron chi connectivity index (χ1n) is 10.3. The van der Waals surface area contributed by atoms with E-state index in [1.807, 2.05) is 31.2 Å². The maximum atomic E-state index is 13.3. The van der Waals surface area contributed by atoms with Gasteiger partial charge in [0.2, 0.25) is 0 Å². The van der Waals surface area contributed by atoms with Gasteiger partial charge in [-0.05, 0) is 61.4 Å². The second-order valence-corrected chi connectivity index (χ2v) is 8.82. The van der Waals surface area contributed by atoms with E-state index in [9.17, 15) is 20.0 Å². The van der Waals surface area contributed by atoms with Crippen molar-refractivity contribution in [1.29, 1.82) is 0 Å². The highest BCUT2D eigenvalue weighted by atomic mass is 32.2. The van der Waals surface area contributed by atoms with Crippen LogP contribution in [0.1, 0.15) is 43.2 Å². The summed E-state index contributed by atoms with van der Waals surface area (Å²) in [4.78, 5) is 30.8. The van der Waals surface area contributed by atoms with Crippen molar-refractivity contribution in [1.82, 2.24) is 4.90 Å². The third kappa shape index (κ3) is 4.64. The Morgan fingerprint density at radius 3 is 2.55 bits per heavy atom. The molecule has 7 nitrogen and oxygen atoms in total. The smallest absolute Gasteiger partial charge is 0.311 e. The van der Waals surface area contributed by atoms with Gasteiger partial charge in [0.15, 0.2) is 10.9 Å². The minimum atomic E-state index is -0.639. The van der Waals surface area contributed by atoms with E-state index >= 15 is 0 Å². The molecule has 1 aliphatic heterocycles. The maximum absolute atomic E-state index is 13.3. The number of aromatic hydroxyl groups is 1. The van der Waals surface area contributed by atoms with Crippen molar-refractivity contribution >= 4 is 40.3 Å². The largest absolute Gasteiger partial charge is 0.502 e. The molecule has 1 saturated carbocycles. The third-order valence-corrected chi connectivity index (χ3v) is 6.51. The zero-order chi connectivity index (χ0) is 22.0. The molecule has 31 heavy (non-hydrogen) atoms. The fraction of sp³-hybridized carbons (Fsp3) is 0.304. The standard InChI is InChI=1S/C23H23N3O4S/c1-15-7-10-17(11-8-15)24-23-25(18-5-3-2-4-6-18)22(28)21(31-23)14-16-9-12-20(27)19(13-16)26(29)30/h7-14,18,27H,2-6H2,1H3/b21-14+,24-23?. The van der Waals surface area contributed by atoms with Gasteiger partial charge in [-0.15, -0.1) is 0 Å². The first kappa shape index (κ1) is 21.1. The number of carbonyl (C=O) groups excluding carboxylic acids is 1. The number of benzene rings is 2. The first-order valence-corrected chi connectivity index (χ1v) is 11.1. The lowest BCUT2D eigenvalue weighted by molar-refractivity contribution is -0.385. The molecule has 1 saturated heterocycles. The predicted molar refractivity (Wildman–Crippen MR) is 122 cm³/mol. The molecule has 2 aromatic carbocycles. The molecule has 8 heteroatoms. The Bertz CT molecular complexity index is 1070. The summed E-state index contributed by atoms with van der Waals surface area (Å²) in [6.07, 6.45) is 6.86. The Labute approximate surface area is 184 Å². The number of hydrogen-bond acceptors (Lipinski definition) is 6. The molecular formula is C23H23N3O4S. The Morgan fingerprint density at radius 1 is 1.16 bits per heavy atom. The van der Waals surface area contributed by atoms with Crippen molar-refractivity contribution in [3.05, 3.63) is 68.6 Å². The second-order valence-electron chi connectivity index (χ2n) is 7.81. The normalized spacial score (nSPS) is 20.0. The van der Waals surface area contributed by atoms with Crippen LogP contribution in [0.25, 0.3) is 6.08 Å². The molecule has 0 atom stereocenters. The van der Waals surface area contributed by atoms with Crippen molar-refractivity contribution in [2.24, 2.45) is 4.99 Å². The van der Waals surface area contributed by atoms with Gasteiger partial charge in [0.1, 0.15) is 0 Å². The summed E-state index contributed by atoms with van der Waals surface area (Å²) in [5, 5.41) is 21.5. The van der Waals surface area contributed by atoms with Crippen LogP contribution in [0.5, 0.6) is 5.75 Å². The fourth-order valence-electron chi connectivity index (χ4n) is 3.88. The van der Waals surface area contributed by atoms with Crippen LogP contribution >= 0.6 is 11.8 Å². The van der Waals surface area contributed by atoms with E-state index in [1.165, 1.54) is 30.3 Å². The lowest BCUT2D eigenvalue weighted by atomic mass is 9.94. The molecule has 0 spiro atoms. The summed E-state index contributed by atoms with van der Waals surface area (Å²) in [5.41, 5.74) is 2.02. The van der Waals surface area contributed by atoms with Crippen LogP contribution in [0.2, 0.25) is 0 Å². The molecule has 1 N–H and O–H groups in total. The number of hydrogen-bond donors (Lipinski definition) is 1. The predicted octanol–water partition coefficient (Wildman–Crippen LogP) is 5.55. The molecule has 0 unspecified atom stereocenters. The van der Waals surface area contributed by atoms with Crippen LogP contribution < -0.4 is 0 Å². The van der Waals surface area contributed by atoms with Crippen LogP contribution in [0.4, 0.5) is 11.4 Å². The molecule has 2 fully saturated rings. The van der Waals surface area contributed by atoms with Gasteiger partial charge in [0.25, 0.3) is 5.91 Å². The SMILES string of the molecule is Cc1ccc(N=C2S/C(=C/c3ccc(O)c([N+](=O)[O-])c3)C(=O)N2C2CCCCC2)cc1. The van der Waals surface area contributed by atoms with Crippen LogP contribution in [0.3, 0.4) is 0 Å². The minimum absolute atomic E-state index is 0.109. The summed E-state index contributed by atoms with van der Waals surface area (Å²) in [5.74, 6) is -0.526. The van der Waals surface area contributed by atoms with E-state index in [4.69, 9.17) is 4.99 Å². The minimum Gasteiger partial charge on any atom is -0.502 e. The number of nitrogens with zero attached hydrogens (tertiary/aromatic N) is 3. The molecule has 2 aliphatic rings. The first-order chi connectivity index (χ1) is 14.9. The molecule has 2 aromatic rings. The summed E-state index contributed by atoms with van der Waals surface area (Å²) in [6.45, 7) is 2.01. The van der Waals surface area contributed by atoms with Crippen LogP contribution in [0, 0.1) is 17.0 Å². The van der Waals surface area contributed by atoms with E-state index in [-0.39, 0.29) is 17.6 Å². The maximum Gasteiger partial charge on any atom is 0.311 e. The van der Waals surface area contributed by atoms with Crippen molar-refractivity contribution < 1.29 is 14.8 Å². The number of phenols is 1. The third-order valence-electron chi connectivity index (χ3n) is 5.53. The lowest BCUT2D eigenvalue weighted by Crippen LogP contribution is -2.40. The van der Waals surface area contributed by atoms with E-state index in [0.29, 0.717) is 15.6 Å². The van der Waals surface area contributed by atoms with Crippen molar-refractivity contribution in [2.45, 2.75) is 45.1 Å². The molecule has 1 aliphatic carbocycles. The Balaban J connectivity index is 1.71. The number of nitro benzene ring substituents is 1. The summed E-state index contributed by atoms with van der Waals surface area (Å²) in [7, 11) is 0. The summed E-state index contributed by atoms with van der Waals surface area (Å²) in [6, 6.07) is 12.0. The monoisotopic (exact) mass is 437 g/mol. The average Bonchev–Trinajstić information content (AvgIpc) is 3.06. The number of rotatable bonds is 4. The Morgan fingerprint density at radius 2 is 1.87 bits per heavy atom. The highest BCUT2D eigenvalue weighted by molar-refractivity contribution is 8.18. The van der Waals surface area contributed by atoms with E-state index in [0.717, 1.165) is 36.9 Å². The van der Waals surface area contributed by atoms with Gasteiger partial charge < -0.3 is 5.11 Å². The fourth-order valence-corrected chi connectivity index (χ4v) is 4.94. The zero-order valence-electron chi connectivity index (χ0n) is 17.2. The molecule has 0 bridgehead atoms. The van der Waals surface area contributed by atoms with Gasteiger partial charge in [-0.3, -0.25) is 19.8 Å². The van der Waals surface area contributed by atoms with Crippen molar-refractivity contribution in [3.8, 4) is 5.75 Å². The number of carbonyl (C=O) groups is 1. The quantitative estimate of drug-likeness (QED) is 0.384. The number of aryl methyl sites for hydroxylation is 1. The number of phenolic OH excluding ortho intramolecular Hbond substituents is 1.